The molecule has 0 radical (unpaired) electrons. The molecule has 0 saturated heterocycles. The standard InChI is InChI=1S/C16H24Cl2N2O2/c1-16(2,3)20-9-8-19-15(21)5-4-10-22-14-7-6-12(17)11-13(14)18/h6-7,11,20H,4-5,8-10H2,1-3H3,(H,19,21). The number of hydrogen-bond acceptors (Lipinski definition) is 3. The molecule has 0 unspecified atom stereocenters. The lowest BCUT2D eigenvalue weighted by Gasteiger charge is -2.20. The molecule has 0 spiro atoms. The number of halogens is 2. The van der Waals surface area contributed by atoms with E-state index in [9.17, 15) is 4.79 Å². The summed E-state index contributed by atoms with van der Waals surface area (Å²) in [6.45, 7) is 8.09. The molecule has 0 aliphatic carbocycles. The minimum Gasteiger partial charge on any atom is -0.492 e. The first kappa shape index (κ1) is 19.1. The van der Waals surface area contributed by atoms with Gasteiger partial charge >= 0.3 is 0 Å². The van der Waals surface area contributed by atoms with Crippen molar-refractivity contribution in [1.29, 1.82) is 0 Å². The van der Waals surface area contributed by atoms with Crippen LogP contribution in [0.2, 0.25) is 10.0 Å². The van der Waals surface area contributed by atoms with Crippen molar-refractivity contribution in [3.05, 3.63) is 28.2 Å². The van der Waals surface area contributed by atoms with Gasteiger partial charge < -0.3 is 15.4 Å². The van der Waals surface area contributed by atoms with Crippen LogP contribution in [0.25, 0.3) is 0 Å². The average Bonchev–Trinajstić information content (AvgIpc) is 2.40. The highest BCUT2D eigenvalue weighted by molar-refractivity contribution is 6.35. The third-order valence-corrected chi connectivity index (χ3v) is 3.33. The lowest BCUT2D eigenvalue weighted by molar-refractivity contribution is -0.121. The Morgan fingerprint density at radius 1 is 1.23 bits per heavy atom. The van der Waals surface area contributed by atoms with Gasteiger partial charge in [0.2, 0.25) is 5.91 Å². The monoisotopic (exact) mass is 346 g/mol. The topological polar surface area (TPSA) is 50.4 Å². The van der Waals surface area contributed by atoms with E-state index < -0.39 is 0 Å². The van der Waals surface area contributed by atoms with Gasteiger partial charge in [0.05, 0.1) is 11.6 Å². The summed E-state index contributed by atoms with van der Waals surface area (Å²) in [5.41, 5.74) is 0.0659. The van der Waals surface area contributed by atoms with E-state index in [2.05, 4.69) is 31.4 Å². The van der Waals surface area contributed by atoms with Gasteiger partial charge in [0.25, 0.3) is 0 Å². The predicted molar refractivity (Wildman–Crippen MR) is 92.0 cm³/mol. The molecule has 0 saturated carbocycles. The third kappa shape index (κ3) is 8.47. The van der Waals surface area contributed by atoms with E-state index in [0.717, 1.165) is 6.54 Å². The fourth-order valence-electron chi connectivity index (χ4n) is 1.73. The highest BCUT2D eigenvalue weighted by Gasteiger charge is 2.08. The van der Waals surface area contributed by atoms with E-state index in [1.807, 2.05) is 0 Å². The second-order valence-corrected chi connectivity index (χ2v) is 6.90. The molecular formula is C16H24Cl2N2O2. The summed E-state index contributed by atoms with van der Waals surface area (Å²) in [4.78, 5) is 11.7. The third-order valence-electron chi connectivity index (χ3n) is 2.80. The van der Waals surface area contributed by atoms with Crippen molar-refractivity contribution in [2.24, 2.45) is 0 Å². The Bertz CT molecular complexity index is 488. The summed E-state index contributed by atoms with van der Waals surface area (Å²) in [5, 5.41) is 7.23. The Kier molecular flexibility index (Phi) is 8.01. The summed E-state index contributed by atoms with van der Waals surface area (Å²) in [5.74, 6) is 0.613. The summed E-state index contributed by atoms with van der Waals surface area (Å²) >= 11 is 11.8. The van der Waals surface area contributed by atoms with E-state index in [1.165, 1.54) is 0 Å². The fraction of sp³-hybridized carbons (Fsp3) is 0.562. The molecule has 0 fully saturated rings. The number of carbonyl (C=O) groups excluding carboxylic acids is 1. The molecule has 0 aliphatic heterocycles. The van der Waals surface area contributed by atoms with E-state index in [0.29, 0.717) is 41.8 Å². The number of carbonyl (C=O) groups is 1. The van der Waals surface area contributed by atoms with Crippen molar-refractivity contribution in [3.8, 4) is 5.75 Å². The van der Waals surface area contributed by atoms with Crippen molar-refractivity contribution in [3.63, 3.8) is 0 Å². The molecule has 1 rings (SSSR count). The number of amides is 1. The van der Waals surface area contributed by atoms with Crippen molar-refractivity contribution in [2.45, 2.75) is 39.2 Å². The minimum atomic E-state index is 0.0292. The van der Waals surface area contributed by atoms with E-state index in [4.69, 9.17) is 27.9 Å². The zero-order chi connectivity index (χ0) is 16.6. The highest BCUT2D eigenvalue weighted by Crippen LogP contribution is 2.27. The van der Waals surface area contributed by atoms with Gasteiger partial charge in [-0.15, -0.1) is 0 Å². The maximum atomic E-state index is 11.7. The molecule has 1 amide bonds. The van der Waals surface area contributed by atoms with Gasteiger partial charge in [0.1, 0.15) is 5.75 Å². The van der Waals surface area contributed by atoms with Crippen LogP contribution < -0.4 is 15.4 Å². The fourth-order valence-corrected chi connectivity index (χ4v) is 2.20. The molecular weight excluding hydrogens is 323 g/mol. The Hall–Kier alpha value is -0.970. The first-order valence-electron chi connectivity index (χ1n) is 7.37. The number of hydrogen-bond donors (Lipinski definition) is 2. The molecule has 1 aromatic rings. The molecule has 0 atom stereocenters. The Balaban J connectivity index is 2.12. The summed E-state index contributed by atoms with van der Waals surface area (Å²) in [6.07, 6.45) is 1.07. The molecule has 2 N–H and O–H groups in total. The van der Waals surface area contributed by atoms with Gasteiger partial charge in [-0.25, -0.2) is 0 Å². The minimum absolute atomic E-state index is 0.0292. The van der Waals surface area contributed by atoms with Gasteiger partial charge in [-0.1, -0.05) is 23.2 Å². The average molecular weight is 347 g/mol. The summed E-state index contributed by atoms with van der Waals surface area (Å²) in [6, 6.07) is 5.08. The van der Waals surface area contributed by atoms with Crippen LogP contribution in [0.4, 0.5) is 0 Å². The van der Waals surface area contributed by atoms with E-state index >= 15 is 0 Å². The van der Waals surface area contributed by atoms with Crippen LogP contribution in [0.15, 0.2) is 18.2 Å². The number of rotatable bonds is 8. The van der Waals surface area contributed by atoms with Crippen LogP contribution in [0, 0.1) is 0 Å². The second kappa shape index (κ2) is 9.23. The normalized spacial score (nSPS) is 11.3. The van der Waals surface area contributed by atoms with Crippen LogP contribution >= 0.6 is 23.2 Å². The Morgan fingerprint density at radius 3 is 2.59 bits per heavy atom. The summed E-state index contributed by atoms with van der Waals surface area (Å²) < 4.78 is 5.53. The molecule has 6 heteroatoms. The lowest BCUT2D eigenvalue weighted by Crippen LogP contribution is -2.41. The SMILES string of the molecule is CC(C)(C)NCCNC(=O)CCCOc1ccc(Cl)cc1Cl. The predicted octanol–water partition coefficient (Wildman–Crippen LogP) is 3.66. The molecule has 124 valence electrons. The Labute approximate surface area is 142 Å². The first-order valence-corrected chi connectivity index (χ1v) is 8.13. The maximum absolute atomic E-state index is 11.7. The highest BCUT2D eigenvalue weighted by atomic mass is 35.5. The number of ether oxygens (including phenoxy) is 1. The molecule has 4 nitrogen and oxygen atoms in total. The molecule has 0 aliphatic rings. The van der Waals surface area contributed by atoms with E-state index in [1.54, 1.807) is 18.2 Å². The summed E-state index contributed by atoms with van der Waals surface area (Å²) in [7, 11) is 0. The van der Waals surface area contributed by atoms with Gasteiger partial charge in [-0.05, 0) is 45.4 Å². The maximum Gasteiger partial charge on any atom is 0.220 e. The van der Waals surface area contributed by atoms with Crippen molar-refractivity contribution in [2.75, 3.05) is 19.7 Å². The van der Waals surface area contributed by atoms with Crippen LogP contribution in [0.3, 0.4) is 0 Å². The zero-order valence-electron chi connectivity index (χ0n) is 13.3. The van der Waals surface area contributed by atoms with Crippen LogP contribution in [-0.2, 0) is 4.79 Å². The first-order chi connectivity index (χ1) is 10.3. The smallest absolute Gasteiger partial charge is 0.220 e. The number of benzene rings is 1. The molecule has 0 aromatic heterocycles. The van der Waals surface area contributed by atoms with Gasteiger partial charge in [-0.2, -0.15) is 0 Å². The quantitative estimate of drug-likeness (QED) is 0.706. The Morgan fingerprint density at radius 2 is 1.95 bits per heavy atom. The van der Waals surface area contributed by atoms with Gasteiger partial charge in [0.15, 0.2) is 0 Å². The van der Waals surface area contributed by atoms with Gasteiger partial charge in [-0.3, -0.25) is 4.79 Å². The van der Waals surface area contributed by atoms with Crippen LogP contribution in [0.1, 0.15) is 33.6 Å². The van der Waals surface area contributed by atoms with Crippen molar-refractivity contribution < 1.29 is 9.53 Å². The molecule has 22 heavy (non-hydrogen) atoms. The largest absolute Gasteiger partial charge is 0.492 e. The molecule has 1 aromatic carbocycles. The molecule has 0 heterocycles. The van der Waals surface area contributed by atoms with Crippen molar-refractivity contribution in [1.82, 2.24) is 10.6 Å². The van der Waals surface area contributed by atoms with E-state index in [-0.39, 0.29) is 11.4 Å². The van der Waals surface area contributed by atoms with Crippen LogP contribution in [-0.4, -0.2) is 31.1 Å². The lowest BCUT2D eigenvalue weighted by atomic mass is 10.1. The molecule has 0 bridgehead atoms. The van der Waals surface area contributed by atoms with Crippen LogP contribution in [0.5, 0.6) is 5.75 Å². The zero-order valence-corrected chi connectivity index (χ0v) is 14.9. The van der Waals surface area contributed by atoms with Gasteiger partial charge in [0, 0.05) is 30.1 Å². The number of nitrogens with one attached hydrogen (secondary N) is 2. The second-order valence-electron chi connectivity index (χ2n) is 6.05. The van der Waals surface area contributed by atoms with Crippen molar-refractivity contribution >= 4 is 29.1 Å².